The van der Waals surface area contributed by atoms with E-state index in [4.69, 9.17) is 13.7 Å². The van der Waals surface area contributed by atoms with Crippen molar-refractivity contribution in [1.29, 1.82) is 0 Å². The molecule has 0 amide bonds. The molecule has 2 atom stereocenters. The van der Waals surface area contributed by atoms with Crippen LogP contribution in [0, 0.1) is 10.1 Å². The van der Waals surface area contributed by atoms with Crippen LogP contribution in [0.3, 0.4) is 0 Å². The summed E-state index contributed by atoms with van der Waals surface area (Å²) in [6, 6.07) is 0. The molecule has 2 unspecified atom stereocenters. The van der Waals surface area contributed by atoms with E-state index >= 15 is 0 Å². The fourth-order valence-electron chi connectivity index (χ4n) is 1.58. The highest BCUT2D eigenvalue weighted by Crippen LogP contribution is 2.34. The summed E-state index contributed by atoms with van der Waals surface area (Å²) >= 11 is 0. The summed E-state index contributed by atoms with van der Waals surface area (Å²) in [6.07, 6.45) is 0.0820. The monoisotopic (exact) mass is 365 g/mol. The van der Waals surface area contributed by atoms with Gasteiger partial charge in [0.25, 0.3) is 20.2 Å². The lowest BCUT2D eigenvalue weighted by molar-refractivity contribution is -0.526. The van der Waals surface area contributed by atoms with Crippen molar-refractivity contribution in [2.24, 2.45) is 0 Å². The van der Waals surface area contributed by atoms with Crippen LogP contribution in [0.25, 0.3) is 0 Å². The van der Waals surface area contributed by atoms with Crippen LogP contribution >= 0.6 is 0 Å². The first-order valence-corrected chi connectivity index (χ1v) is 8.99. The van der Waals surface area contributed by atoms with E-state index in [-0.39, 0.29) is 18.2 Å². The van der Waals surface area contributed by atoms with Crippen molar-refractivity contribution in [2.75, 3.05) is 0 Å². The molecular weight excluding hydrogens is 358 g/mol. The zero-order valence-electron chi connectivity index (χ0n) is 9.59. The molecule has 12 nitrogen and oxygen atoms in total. The normalized spacial score (nSPS) is 27.2. The van der Waals surface area contributed by atoms with E-state index in [0.29, 0.717) is 0 Å². The number of rotatable bonds is 4. The van der Waals surface area contributed by atoms with Gasteiger partial charge in [0.05, 0.1) is 9.83 Å². The molecule has 0 aromatic rings. The van der Waals surface area contributed by atoms with Crippen molar-refractivity contribution in [3.63, 3.8) is 0 Å². The topological polar surface area (TPSA) is 206 Å². The maximum Gasteiger partial charge on any atom is 0.383 e. The Kier molecular flexibility index (Phi) is 4.05. The van der Waals surface area contributed by atoms with E-state index in [1.165, 1.54) is 0 Å². The van der Waals surface area contributed by atoms with Gasteiger partial charge in [-0.2, -0.15) is 25.3 Å². The number of hydrogen-bond donors (Lipinski definition) is 3. The molecule has 0 bridgehead atoms. The third-order valence-electron chi connectivity index (χ3n) is 2.53. The second-order valence-corrected chi connectivity index (χ2v) is 8.36. The van der Waals surface area contributed by atoms with Crippen LogP contribution in [0.4, 0.5) is 0 Å². The first-order valence-electron chi connectivity index (χ1n) is 4.60. The summed E-state index contributed by atoms with van der Waals surface area (Å²) in [5.41, 5.74) is 0. The molecule has 0 aromatic heterocycles. The average Bonchev–Trinajstić information content (AvgIpc) is 2.23. The zero-order valence-corrected chi connectivity index (χ0v) is 12.0. The summed E-state index contributed by atoms with van der Waals surface area (Å²) in [5, 5.41) is 7.95. The standard InChI is InChI=1S/C6H7NO11S3/c8-7(9)6(21(16,17)18)2-1-4(19(10,11)12)3-5(6)20(13,14)15/h1-3,5H,(H,10,11,12)(H,13,14,15)(H,16,17,18). The summed E-state index contributed by atoms with van der Waals surface area (Å²) in [4.78, 5) is 4.25. The van der Waals surface area contributed by atoms with Crippen LogP contribution in [0.15, 0.2) is 23.1 Å². The van der Waals surface area contributed by atoms with E-state index in [1.807, 2.05) is 0 Å². The van der Waals surface area contributed by atoms with Crippen molar-refractivity contribution in [3.8, 4) is 0 Å². The van der Waals surface area contributed by atoms with Gasteiger partial charge < -0.3 is 0 Å². The van der Waals surface area contributed by atoms with Gasteiger partial charge in [0.2, 0.25) is 0 Å². The molecule has 0 saturated carbocycles. The van der Waals surface area contributed by atoms with Crippen LogP contribution in [0.5, 0.6) is 0 Å². The minimum absolute atomic E-state index is 0.0656. The lowest BCUT2D eigenvalue weighted by Gasteiger charge is -2.26. The molecule has 3 N–H and O–H groups in total. The molecule has 21 heavy (non-hydrogen) atoms. The van der Waals surface area contributed by atoms with E-state index < -0.39 is 50.3 Å². The van der Waals surface area contributed by atoms with Crippen molar-refractivity contribution in [2.45, 2.75) is 10.1 Å². The van der Waals surface area contributed by atoms with Crippen LogP contribution in [0.1, 0.15) is 0 Å². The van der Waals surface area contributed by atoms with Crippen LogP contribution in [-0.2, 0) is 30.4 Å². The van der Waals surface area contributed by atoms with E-state index in [9.17, 15) is 35.4 Å². The van der Waals surface area contributed by atoms with Gasteiger partial charge in [0.1, 0.15) is 0 Å². The molecule has 1 aliphatic rings. The average molecular weight is 365 g/mol. The summed E-state index contributed by atoms with van der Waals surface area (Å²) in [7, 11) is -16.3. The molecule has 0 spiro atoms. The highest BCUT2D eigenvalue weighted by Gasteiger charge is 2.65. The summed E-state index contributed by atoms with van der Waals surface area (Å²) in [6.45, 7) is 0. The SMILES string of the molecule is O=[N+]([O-])C1(S(=O)(=O)O)C=CC(S(=O)(=O)O)=CC1S(=O)(=O)O. The molecule has 1 aliphatic carbocycles. The van der Waals surface area contributed by atoms with Crippen LogP contribution in [-0.4, -0.2) is 54.0 Å². The fraction of sp³-hybridized carbons (Fsp3) is 0.333. The van der Waals surface area contributed by atoms with Crippen molar-refractivity contribution in [3.05, 3.63) is 33.2 Å². The number of hydrogen-bond acceptors (Lipinski definition) is 8. The van der Waals surface area contributed by atoms with Gasteiger partial charge >= 0.3 is 15.0 Å². The van der Waals surface area contributed by atoms with E-state index in [2.05, 4.69) is 0 Å². The minimum Gasteiger partial charge on any atom is -0.285 e. The summed E-state index contributed by atoms with van der Waals surface area (Å²) in [5.74, 6) is 0. The van der Waals surface area contributed by atoms with E-state index in [1.54, 1.807) is 0 Å². The third kappa shape index (κ3) is 2.97. The largest absolute Gasteiger partial charge is 0.383 e. The van der Waals surface area contributed by atoms with Gasteiger partial charge in [-0.25, -0.2) is 0 Å². The van der Waals surface area contributed by atoms with Gasteiger partial charge in [0.15, 0.2) is 5.25 Å². The zero-order chi connectivity index (χ0) is 16.9. The Morgan fingerprint density at radius 2 is 1.57 bits per heavy atom. The van der Waals surface area contributed by atoms with E-state index in [0.717, 1.165) is 0 Å². The molecule has 0 heterocycles. The molecule has 0 fully saturated rings. The maximum atomic E-state index is 11.2. The Bertz CT molecular complexity index is 846. The van der Waals surface area contributed by atoms with Crippen LogP contribution in [0.2, 0.25) is 0 Å². The minimum atomic E-state index is -5.73. The second-order valence-electron chi connectivity index (χ2n) is 3.80. The first kappa shape index (κ1) is 17.7. The van der Waals surface area contributed by atoms with Gasteiger partial charge in [-0.3, -0.25) is 23.8 Å². The first-order chi connectivity index (χ1) is 9.14. The Balaban J connectivity index is 3.85. The van der Waals surface area contributed by atoms with Crippen LogP contribution < -0.4 is 0 Å². The number of nitrogens with zero attached hydrogens (tertiary/aromatic N) is 1. The lowest BCUT2D eigenvalue weighted by atomic mass is 10.1. The predicted molar refractivity (Wildman–Crippen MR) is 65.4 cm³/mol. The molecule has 1 rings (SSSR count). The molecule has 0 aromatic carbocycles. The lowest BCUT2D eigenvalue weighted by Crippen LogP contribution is -2.57. The smallest absolute Gasteiger partial charge is 0.285 e. The molecule has 15 heteroatoms. The Morgan fingerprint density at radius 3 is 1.86 bits per heavy atom. The van der Waals surface area contributed by atoms with Gasteiger partial charge in [0, 0.05) is 6.08 Å². The molecule has 0 saturated heterocycles. The number of nitro groups is 1. The van der Waals surface area contributed by atoms with Gasteiger partial charge in [-0.1, -0.05) is 0 Å². The third-order valence-corrected chi connectivity index (χ3v) is 6.05. The van der Waals surface area contributed by atoms with Crippen molar-refractivity contribution >= 4 is 30.4 Å². The molecule has 0 aliphatic heterocycles. The maximum absolute atomic E-state index is 11.2. The Hall–Kier alpha value is -1.39. The molecule has 0 radical (unpaired) electrons. The fourth-order valence-corrected chi connectivity index (χ4v) is 4.65. The summed E-state index contributed by atoms with van der Waals surface area (Å²) < 4.78 is 93.0. The predicted octanol–water partition coefficient (Wildman–Crippen LogP) is -1.55. The molecule has 120 valence electrons. The van der Waals surface area contributed by atoms with Crippen molar-refractivity contribution < 1.29 is 43.8 Å². The number of allylic oxidation sites excluding steroid dienone is 1. The Labute approximate surface area is 118 Å². The van der Waals surface area contributed by atoms with Gasteiger partial charge in [-0.15, -0.1) is 0 Å². The Morgan fingerprint density at radius 1 is 1.10 bits per heavy atom. The second kappa shape index (κ2) is 4.82. The van der Waals surface area contributed by atoms with Crippen molar-refractivity contribution in [1.82, 2.24) is 0 Å². The molecular formula is C6H7NO11S3. The quantitative estimate of drug-likeness (QED) is 0.295. The highest BCUT2D eigenvalue weighted by molar-refractivity contribution is 7.92. The highest BCUT2D eigenvalue weighted by atomic mass is 32.2. The van der Waals surface area contributed by atoms with Gasteiger partial charge in [-0.05, 0) is 12.2 Å².